The van der Waals surface area contributed by atoms with Crippen LogP contribution in [0.15, 0.2) is 58.9 Å². The smallest absolute Gasteiger partial charge is 0.417 e. The van der Waals surface area contributed by atoms with Crippen LogP contribution in [-0.2, 0) is 22.7 Å². The summed E-state index contributed by atoms with van der Waals surface area (Å²) in [6, 6.07) is 8.97. The van der Waals surface area contributed by atoms with Crippen molar-refractivity contribution in [3.8, 4) is 10.9 Å². The van der Waals surface area contributed by atoms with Gasteiger partial charge in [0.25, 0.3) is 5.19 Å². The molecule has 148 valence electrons. The summed E-state index contributed by atoms with van der Waals surface area (Å²) in [6.45, 7) is -0.107. The lowest BCUT2D eigenvalue weighted by Gasteiger charge is -2.12. The van der Waals surface area contributed by atoms with Crippen LogP contribution in [-0.4, -0.2) is 13.4 Å². The maximum absolute atomic E-state index is 12.9. The molecule has 1 N–H and O–H groups in total. The van der Waals surface area contributed by atoms with E-state index in [0.717, 1.165) is 12.1 Å². The molecule has 0 aliphatic carbocycles. The van der Waals surface area contributed by atoms with Crippen molar-refractivity contribution in [2.75, 3.05) is 0 Å². The molecule has 1 heterocycles. The Kier molecular flexibility index (Phi) is 5.94. The molecule has 5 nitrogen and oxygen atoms in total. The number of alkyl halides is 3. The van der Waals surface area contributed by atoms with E-state index in [0.29, 0.717) is 22.6 Å². The van der Waals surface area contributed by atoms with Crippen molar-refractivity contribution >= 4 is 33.0 Å². The molecular formula is C17H12ClF3N2O3S2. The lowest BCUT2D eigenvalue weighted by atomic mass is 10.2. The highest BCUT2D eigenvalue weighted by molar-refractivity contribution is 7.89. The number of halogens is 4. The van der Waals surface area contributed by atoms with Gasteiger partial charge in [-0.05, 0) is 35.9 Å². The van der Waals surface area contributed by atoms with Crippen LogP contribution in [0.3, 0.4) is 0 Å². The van der Waals surface area contributed by atoms with Crippen molar-refractivity contribution in [2.45, 2.75) is 17.6 Å². The minimum Gasteiger partial charge on any atom is -0.431 e. The molecule has 0 saturated carbocycles. The van der Waals surface area contributed by atoms with Gasteiger partial charge < -0.3 is 4.74 Å². The Labute approximate surface area is 167 Å². The maximum atomic E-state index is 12.9. The number of benzene rings is 2. The van der Waals surface area contributed by atoms with Crippen LogP contribution in [0, 0.1) is 0 Å². The Morgan fingerprint density at radius 2 is 1.86 bits per heavy atom. The second-order valence-electron chi connectivity index (χ2n) is 5.51. The van der Waals surface area contributed by atoms with Crippen LogP contribution in [0.5, 0.6) is 10.9 Å². The molecule has 0 bridgehead atoms. The summed E-state index contributed by atoms with van der Waals surface area (Å²) >= 11 is 6.84. The third-order valence-electron chi connectivity index (χ3n) is 3.56. The summed E-state index contributed by atoms with van der Waals surface area (Å²) in [7, 11) is -4.16. The fourth-order valence-electron chi connectivity index (χ4n) is 2.19. The number of hydrogen-bond donors (Lipinski definition) is 1. The van der Waals surface area contributed by atoms with Crippen LogP contribution >= 0.6 is 22.9 Å². The molecule has 0 unspecified atom stereocenters. The van der Waals surface area contributed by atoms with Gasteiger partial charge in [0.15, 0.2) is 0 Å². The normalized spacial score (nSPS) is 12.1. The molecular weight excluding hydrogens is 437 g/mol. The lowest BCUT2D eigenvalue weighted by molar-refractivity contribution is -0.137. The van der Waals surface area contributed by atoms with E-state index in [1.165, 1.54) is 11.3 Å². The van der Waals surface area contributed by atoms with E-state index >= 15 is 0 Å². The first-order valence-electron chi connectivity index (χ1n) is 7.68. The van der Waals surface area contributed by atoms with Gasteiger partial charge in [-0.25, -0.2) is 18.1 Å². The van der Waals surface area contributed by atoms with Gasteiger partial charge in [-0.1, -0.05) is 35.1 Å². The molecule has 0 amide bonds. The Morgan fingerprint density at radius 1 is 1.14 bits per heavy atom. The molecule has 3 aromatic rings. The minimum atomic E-state index is -4.75. The molecule has 0 radical (unpaired) electrons. The predicted octanol–water partition coefficient (Wildman–Crippen LogP) is 5.09. The van der Waals surface area contributed by atoms with Gasteiger partial charge in [0.05, 0.1) is 15.5 Å². The fourth-order valence-corrected chi connectivity index (χ4v) is 3.96. The highest BCUT2D eigenvalue weighted by atomic mass is 35.5. The Balaban J connectivity index is 1.70. The zero-order valence-electron chi connectivity index (χ0n) is 13.9. The quantitative estimate of drug-likeness (QED) is 0.570. The number of ether oxygens (including phenoxy) is 1. The van der Waals surface area contributed by atoms with Gasteiger partial charge in [-0.2, -0.15) is 13.2 Å². The van der Waals surface area contributed by atoms with Crippen LogP contribution in [0.1, 0.15) is 11.1 Å². The minimum absolute atomic E-state index is 0.107. The molecule has 0 spiro atoms. The molecule has 28 heavy (non-hydrogen) atoms. The van der Waals surface area contributed by atoms with Crippen molar-refractivity contribution in [1.82, 2.24) is 9.71 Å². The number of aromatic nitrogens is 1. The molecule has 0 atom stereocenters. The van der Waals surface area contributed by atoms with Crippen molar-refractivity contribution < 1.29 is 26.3 Å². The number of nitrogens with zero attached hydrogens (tertiary/aromatic N) is 1. The first-order chi connectivity index (χ1) is 13.1. The van der Waals surface area contributed by atoms with Gasteiger partial charge in [0.2, 0.25) is 10.0 Å². The van der Waals surface area contributed by atoms with Gasteiger partial charge >= 0.3 is 6.18 Å². The number of thiazole rings is 1. The summed E-state index contributed by atoms with van der Waals surface area (Å²) in [5, 5.41) is 1.67. The third-order valence-corrected chi connectivity index (χ3v) is 5.93. The van der Waals surface area contributed by atoms with E-state index in [9.17, 15) is 21.6 Å². The van der Waals surface area contributed by atoms with E-state index < -0.39 is 31.7 Å². The van der Waals surface area contributed by atoms with Crippen LogP contribution in [0.2, 0.25) is 5.02 Å². The van der Waals surface area contributed by atoms with Gasteiger partial charge in [0.1, 0.15) is 5.75 Å². The number of rotatable bonds is 6. The largest absolute Gasteiger partial charge is 0.431 e. The molecule has 3 rings (SSSR count). The number of nitrogens with one attached hydrogen (secondary N) is 1. The Morgan fingerprint density at radius 3 is 2.46 bits per heavy atom. The van der Waals surface area contributed by atoms with Crippen molar-refractivity contribution in [3.63, 3.8) is 0 Å². The lowest BCUT2D eigenvalue weighted by Crippen LogP contribution is -2.23. The highest BCUT2D eigenvalue weighted by Gasteiger charge is 2.34. The number of hydrogen-bond acceptors (Lipinski definition) is 5. The van der Waals surface area contributed by atoms with Gasteiger partial charge in [-0.3, -0.25) is 0 Å². The monoisotopic (exact) mass is 448 g/mol. The van der Waals surface area contributed by atoms with Gasteiger partial charge in [0, 0.05) is 18.1 Å². The average Bonchev–Trinajstić information content (AvgIpc) is 3.13. The molecule has 0 aliphatic rings. The summed E-state index contributed by atoms with van der Waals surface area (Å²) in [5.74, 6) is 0.522. The molecule has 11 heteroatoms. The molecule has 0 aliphatic heterocycles. The van der Waals surface area contributed by atoms with Crippen LogP contribution in [0.25, 0.3) is 0 Å². The zero-order valence-corrected chi connectivity index (χ0v) is 16.3. The molecule has 1 aromatic heterocycles. The fraction of sp³-hybridized carbons (Fsp3) is 0.118. The van der Waals surface area contributed by atoms with E-state index in [4.69, 9.17) is 16.3 Å². The Bertz CT molecular complexity index is 1050. The second kappa shape index (κ2) is 8.08. The van der Waals surface area contributed by atoms with Crippen molar-refractivity contribution in [2.24, 2.45) is 0 Å². The predicted molar refractivity (Wildman–Crippen MR) is 99.1 cm³/mol. The molecule has 2 aromatic carbocycles. The Hall–Kier alpha value is -2.14. The SMILES string of the molecule is O=S(=O)(NCc1ccc(Oc2nccs2)cc1)c1ccc(Cl)c(C(F)(F)F)c1. The van der Waals surface area contributed by atoms with E-state index in [2.05, 4.69) is 9.71 Å². The summed E-state index contributed by atoms with van der Waals surface area (Å²) in [5.41, 5.74) is -0.610. The summed E-state index contributed by atoms with van der Waals surface area (Å²) < 4.78 is 71.2. The summed E-state index contributed by atoms with van der Waals surface area (Å²) in [6.07, 6.45) is -3.15. The average molecular weight is 449 g/mol. The summed E-state index contributed by atoms with van der Waals surface area (Å²) in [4.78, 5) is 3.46. The van der Waals surface area contributed by atoms with Gasteiger partial charge in [-0.15, -0.1) is 0 Å². The van der Waals surface area contributed by atoms with Crippen LogP contribution < -0.4 is 9.46 Å². The first kappa shape index (κ1) is 20.6. The standard InChI is InChI=1S/C17H12ClF3N2O3S2/c18-15-6-5-13(9-14(15)17(19,20)21)28(24,25)23-10-11-1-3-12(4-2-11)26-16-22-7-8-27-16/h1-9,23H,10H2. The topological polar surface area (TPSA) is 68.3 Å². The van der Waals surface area contributed by atoms with Crippen molar-refractivity contribution in [1.29, 1.82) is 0 Å². The van der Waals surface area contributed by atoms with Crippen LogP contribution in [0.4, 0.5) is 13.2 Å². The number of sulfonamides is 1. The highest BCUT2D eigenvalue weighted by Crippen LogP contribution is 2.36. The molecule has 0 fully saturated rings. The second-order valence-corrected chi connectivity index (χ2v) is 8.54. The van der Waals surface area contributed by atoms with E-state index in [1.54, 1.807) is 35.8 Å². The zero-order chi connectivity index (χ0) is 20.4. The van der Waals surface area contributed by atoms with E-state index in [1.807, 2.05) is 0 Å². The maximum Gasteiger partial charge on any atom is 0.417 e. The van der Waals surface area contributed by atoms with Crippen molar-refractivity contribution in [3.05, 3.63) is 70.2 Å². The first-order valence-corrected chi connectivity index (χ1v) is 10.4. The van der Waals surface area contributed by atoms with E-state index in [-0.39, 0.29) is 6.54 Å². The molecule has 0 saturated heterocycles. The third kappa shape index (κ3) is 5.02.